The predicted octanol–water partition coefficient (Wildman–Crippen LogP) is 4.30. The summed E-state index contributed by atoms with van der Waals surface area (Å²) in [6.07, 6.45) is 1.54. The van der Waals surface area contributed by atoms with E-state index < -0.39 is 5.91 Å². The summed E-state index contributed by atoms with van der Waals surface area (Å²) < 4.78 is 5.04. The number of imide groups is 1. The van der Waals surface area contributed by atoms with E-state index in [1.165, 1.54) is 19.2 Å². The Bertz CT molecular complexity index is 851. The van der Waals surface area contributed by atoms with Crippen LogP contribution < -0.4 is 9.64 Å². The number of hydrogen-bond acceptors (Lipinski definition) is 5. The summed E-state index contributed by atoms with van der Waals surface area (Å²) in [6, 6.07) is 11.7. The molecule has 1 heterocycles. The summed E-state index contributed by atoms with van der Waals surface area (Å²) in [4.78, 5) is 26.1. The number of hydrogen-bond donors (Lipinski definition) is 1. The second kappa shape index (κ2) is 6.59. The Kier molecular flexibility index (Phi) is 4.51. The fourth-order valence-corrected chi connectivity index (χ4v) is 3.31. The third-order valence-electron chi connectivity index (χ3n) is 3.38. The normalized spacial score (nSPS) is 16.1. The maximum Gasteiger partial charge on any atom is 0.298 e. The van der Waals surface area contributed by atoms with Crippen molar-refractivity contribution in [3.8, 4) is 11.5 Å². The van der Waals surface area contributed by atoms with Gasteiger partial charge in [0.05, 0.1) is 22.7 Å². The maximum absolute atomic E-state index is 12.5. The third kappa shape index (κ3) is 2.98. The predicted molar refractivity (Wildman–Crippen MR) is 94.6 cm³/mol. The van der Waals surface area contributed by atoms with Crippen molar-refractivity contribution in [1.82, 2.24) is 0 Å². The smallest absolute Gasteiger partial charge is 0.298 e. The van der Waals surface area contributed by atoms with E-state index in [1.54, 1.807) is 30.3 Å². The average Bonchev–Trinajstić information content (AvgIpc) is 2.85. The molecule has 0 unspecified atom stereocenters. The summed E-state index contributed by atoms with van der Waals surface area (Å²) >= 11 is 6.79. The number of ether oxygens (including phenoxy) is 1. The van der Waals surface area contributed by atoms with E-state index in [0.717, 1.165) is 16.7 Å². The number of para-hydroxylation sites is 1. The van der Waals surface area contributed by atoms with E-state index in [9.17, 15) is 14.7 Å². The van der Waals surface area contributed by atoms with Gasteiger partial charge in [-0.3, -0.25) is 9.59 Å². The number of benzene rings is 2. The molecule has 1 saturated heterocycles. The Labute approximate surface area is 147 Å². The van der Waals surface area contributed by atoms with Crippen LogP contribution in [0.4, 0.5) is 10.5 Å². The molecule has 5 nitrogen and oxygen atoms in total. The van der Waals surface area contributed by atoms with Crippen molar-refractivity contribution in [2.24, 2.45) is 0 Å². The molecule has 122 valence electrons. The van der Waals surface area contributed by atoms with Crippen LogP contribution >= 0.6 is 23.4 Å². The molecule has 0 atom stereocenters. The molecule has 0 aliphatic carbocycles. The zero-order chi connectivity index (χ0) is 17.3. The first kappa shape index (κ1) is 16.4. The molecule has 1 fully saturated rings. The summed E-state index contributed by atoms with van der Waals surface area (Å²) in [5.41, 5.74) is 1.07. The summed E-state index contributed by atoms with van der Waals surface area (Å²) in [5.74, 6) is -0.385. The molecule has 2 amide bonds. The van der Waals surface area contributed by atoms with Gasteiger partial charge in [-0.15, -0.1) is 0 Å². The van der Waals surface area contributed by atoms with Crippen molar-refractivity contribution in [3.63, 3.8) is 0 Å². The highest BCUT2D eigenvalue weighted by Crippen LogP contribution is 2.39. The van der Waals surface area contributed by atoms with E-state index in [0.29, 0.717) is 11.3 Å². The second-order valence-electron chi connectivity index (χ2n) is 4.91. The fraction of sp³-hybridized carbons (Fsp3) is 0.0588. The molecule has 0 aromatic heterocycles. The van der Waals surface area contributed by atoms with Crippen LogP contribution in [0.3, 0.4) is 0 Å². The molecule has 1 aliphatic rings. The number of aromatic hydroxyl groups is 1. The van der Waals surface area contributed by atoms with Gasteiger partial charge in [0.25, 0.3) is 11.1 Å². The van der Waals surface area contributed by atoms with Crippen LogP contribution in [-0.2, 0) is 4.79 Å². The molecule has 0 bridgehead atoms. The number of methoxy groups -OCH3 is 1. The fourth-order valence-electron chi connectivity index (χ4n) is 2.25. The van der Waals surface area contributed by atoms with Crippen LogP contribution in [0.2, 0.25) is 5.02 Å². The monoisotopic (exact) mass is 361 g/mol. The molecule has 1 aliphatic heterocycles. The van der Waals surface area contributed by atoms with E-state index in [1.807, 2.05) is 6.07 Å². The molecular formula is C17H12ClNO4S. The Balaban J connectivity index is 1.97. The highest BCUT2D eigenvalue weighted by Gasteiger charge is 2.36. The number of nitrogens with zero attached hydrogens (tertiary/aromatic N) is 1. The average molecular weight is 362 g/mol. The van der Waals surface area contributed by atoms with Crippen molar-refractivity contribution in [2.75, 3.05) is 12.0 Å². The maximum atomic E-state index is 12.5. The van der Waals surface area contributed by atoms with E-state index in [-0.39, 0.29) is 26.7 Å². The zero-order valence-electron chi connectivity index (χ0n) is 12.5. The van der Waals surface area contributed by atoms with Gasteiger partial charge in [-0.1, -0.05) is 29.8 Å². The lowest BCUT2D eigenvalue weighted by molar-refractivity contribution is -0.113. The minimum atomic E-state index is -0.403. The van der Waals surface area contributed by atoms with Crippen molar-refractivity contribution >= 4 is 46.3 Å². The summed E-state index contributed by atoms with van der Waals surface area (Å²) in [5, 5.41) is 9.49. The quantitative estimate of drug-likeness (QED) is 0.826. The summed E-state index contributed by atoms with van der Waals surface area (Å²) in [7, 11) is 1.40. The standard InChI is InChI=1S/C17H12ClNO4S/c1-23-13-8-10(7-12(18)15(13)20)9-14-16(21)19(17(22)24-14)11-5-3-2-4-6-11/h2-9,20H,1H3/b14-9-. The van der Waals surface area contributed by atoms with E-state index in [4.69, 9.17) is 16.3 Å². The molecule has 7 heteroatoms. The highest BCUT2D eigenvalue weighted by atomic mass is 35.5. The first-order valence-electron chi connectivity index (χ1n) is 6.91. The van der Waals surface area contributed by atoms with Gasteiger partial charge in [-0.2, -0.15) is 0 Å². The molecule has 3 rings (SSSR count). The van der Waals surface area contributed by atoms with Crippen molar-refractivity contribution < 1.29 is 19.4 Å². The molecule has 1 N–H and O–H groups in total. The van der Waals surface area contributed by atoms with Crippen LogP contribution in [0.15, 0.2) is 47.4 Å². The van der Waals surface area contributed by atoms with Gasteiger partial charge < -0.3 is 9.84 Å². The molecule has 24 heavy (non-hydrogen) atoms. The number of anilines is 1. The van der Waals surface area contributed by atoms with Crippen molar-refractivity contribution in [3.05, 3.63) is 58.0 Å². The van der Waals surface area contributed by atoms with Crippen LogP contribution in [0.25, 0.3) is 6.08 Å². The van der Waals surface area contributed by atoms with Gasteiger partial charge in [0.15, 0.2) is 11.5 Å². The van der Waals surface area contributed by atoms with Crippen molar-refractivity contribution in [2.45, 2.75) is 0 Å². The van der Waals surface area contributed by atoms with Crippen molar-refractivity contribution in [1.29, 1.82) is 0 Å². The number of amides is 2. The van der Waals surface area contributed by atoms with Gasteiger partial charge in [0.2, 0.25) is 0 Å². The molecule has 2 aromatic rings. The number of thioether (sulfide) groups is 1. The summed E-state index contributed by atoms with van der Waals surface area (Å²) in [6.45, 7) is 0. The number of carbonyl (C=O) groups is 2. The SMILES string of the molecule is COc1cc(/C=C2\SC(=O)N(c3ccccc3)C2=O)cc(Cl)c1O. The highest BCUT2D eigenvalue weighted by molar-refractivity contribution is 8.19. The number of phenolic OH excluding ortho intramolecular Hbond substituents is 1. The largest absolute Gasteiger partial charge is 0.503 e. The molecule has 0 saturated carbocycles. The number of halogens is 1. The van der Waals surface area contributed by atoms with E-state index >= 15 is 0 Å². The first-order valence-corrected chi connectivity index (χ1v) is 8.10. The van der Waals surface area contributed by atoms with Gasteiger partial charge in [-0.25, -0.2) is 4.90 Å². The van der Waals surface area contributed by atoms with Gasteiger partial charge in [0, 0.05) is 0 Å². The number of phenols is 1. The lowest BCUT2D eigenvalue weighted by Crippen LogP contribution is -2.27. The minimum absolute atomic E-state index is 0.0999. The second-order valence-corrected chi connectivity index (χ2v) is 6.31. The van der Waals surface area contributed by atoms with Crippen LogP contribution in [-0.4, -0.2) is 23.4 Å². The topological polar surface area (TPSA) is 66.8 Å². The third-order valence-corrected chi connectivity index (χ3v) is 4.53. The Morgan fingerprint density at radius 3 is 2.58 bits per heavy atom. The van der Waals surface area contributed by atoms with Gasteiger partial charge in [-0.05, 0) is 47.7 Å². The molecule has 0 radical (unpaired) electrons. The number of carbonyl (C=O) groups excluding carboxylic acids is 2. The van der Waals surface area contributed by atoms with Crippen LogP contribution in [0.5, 0.6) is 11.5 Å². The Morgan fingerprint density at radius 2 is 1.92 bits per heavy atom. The molecule has 2 aromatic carbocycles. The minimum Gasteiger partial charge on any atom is -0.503 e. The van der Waals surface area contributed by atoms with Gasteiger partial charge >= 0.3 is 0 Å². The Hall–Kier alpha value is -2.44. The van der Waals surface area contributed by atoms with Crippen LogP contribution in [0, 0.1) is 0 Å². The van der Waals surface area contributed by atoms with Crippen LogP contribution in [0.1, 0.15) is 5.56 Å². The lowest BCUT2D eigenvalue weighted by Gasteiger charge is -2.11. The first-order chi connectivity index (χ1) is 11.5. The molecule has 0 spiro atoms. The van der Waals surface area contributed by atoms with Gasteiger partial charge in [0.1, 0.15) is 0 Å². The lowest BCUT2D eigenvalue weighted by atomic mass is 10.1. The number of rotatable bonds is 3. The Morgan fingerprint density at radius 1 is 1.21 bits per heavy atom. The molecular weight excluding hydrogens is 350 g/mol. The zero-order valence-corrected chi connectivity index (χ0v) is 14.1. The van der Waals surface area contributed by atoms with E-state index in [2.05, 4.69) is 0 Å².